The molecule has 0 aromatic rings. The lowest BCUT2D eigenvalue weighted by Crippen LogP contribution is -2.30. The normalized spacial score (nSPS) is 13.3. The van der Waals surface area contributed by atoms with Crippen molar-refractivity contribution >= 4 is 17.9 Å². The van der Waals surface area contributed by atoms with E-state index in [2.05, 4.69) is 167 Å². The van der Waals surface area contributed by atoms with Crippen molar-refractivity contribution in [3.8, 4) is 0 Å². The lowest BCUT2D eigenvalue weighted by molar-refractivity contribution is -0.167. The van der Waals surface area contributed by atoms with E-state index in [0.717, 1.165) is 135 Å². The lowest BCUT2D eigenvalue weighted by atomic mass is 10.1. The summed E-state index contributed by atoms with van der Waals surface area (Å²) in [5, 5.41) is 0. The summed E-state index contributed by atoms with van der Waals surface area (Å²) >= 11 is 0. The van der Waals surface area contributed by atoms with Gasteiger partial charge in [0, 0.05) is 19.3 Å². The van der Waals surface area contributed by atoms with Crippen molar-refractivity contribution in [3.05, 3.63) is 146 Å². The first-order valence-corrected chi connectivity index (χ1v) is 25.3. The highest BCUT2D eigenvalue weighted by Crippen LogP contribution is 2.10. The number of hydrogen-bond acceptors (Lipinski definition) is 6. The predicted octanol–water partition coefficient (Wildman–Crippen LogP) is 16.9. The number of hydrogen-bond donors (Lipinski definition) is 0. The van der Waals surface area contributed by atoms with Gasteiger partial charge in [0.2, 0.25) is 0 Å². The van der Waals surface area contributed by atoms with Crippen LogP contribution in [0.25, 0.3) is 0 Å². The van der Waals surface area contributed by atoms with Crippen LogP contribution in [0.3, 0.4) is 0 Å². The second kappa shape index (κ2) is 51.9. The lowest BCUT2D eigenvalue weighted by Gasteiger charge is -2.18. The van der Waals surface area contributed by atoms with Crippen LogP contribution in [0.15, 0.2) is 146 Å². The van der Waals surface area contributed by atoms with Crippen LogP contribution in [0.4, 0.5) is 0 Å². The molecule has 0 aromatic carbocycles. The Labute approximate surface area is 397 Å². The maximum Gasteiger partial charge on any atom is 0.306 e. The van der Waals surface area contributed by atoms with Crippen LogP contribution in [-0.4, -0.2) is 37.2 Å². The Morgan fingerprint density at radius 2 is 0.615 bits per heavy atom. The smallest absolute Gasteiger partial charge is 0.306 e. The number of esters is 3. The molecule has 0 aromatic heterocycles. The summed E-state index contributed by atoms with van der Waals surface area (Å²) in [6.07, 6.45) is 74.4. The van der Waals surface area contributed by atoms with Gasteiger partial charge in [0.25, 0.3) is 0 Å². The zero-order chi connectivity index (χ0) is 47.2. The summed E-state index contributed by atoms with van der Waals surface area (Å²) in [6, 6.07) is 0. The van der Waals surface area contributed by atoms with Crippen molar-refractivity contribution in [3.63, 3.8) is 0 Å². The van der Waals surface area contributed by atoms with Gasteiger partial charge in [-0.25, -0.2) is 0 Å². The van der Waals surface area contributed by atoms with E-state index in [1.54, 1.807) is 0 Å². The summed E-state index contributed by atoms with van der Waals surface area (Å²) in [5.41, 5.74) is 0. The Hall–Kier alpha value is -4.71. The van der Waals surface area contributed by atoms with E-state index in [4.69, 9.17) is 14.2 Å². The number of carbonyl (C=O) groups excluding carboxylic acids is 3. The largest absolute Gasteiger partial charge is 0.462 e. The van der Waals surface area contributed by atoms with Crippen LogP contribution in [0.5, 0.6) is 0 Å². The summed E-state index contributed by atoms with van der Waals surface area (Å²) in [7, 11) is 0. The molecule has 0 aliphatic heterocycles. The fourth-order valence-corrected chi connectivity index (χ4v) is 6.10. The Kier molecular flexibility index (Phi) is 48.2. The van der Waals surface area contributed by atoms with Crippen LogP contribution in [-0.2, 0) is 28.6 Å². The zero-order valence-corrected chi connectivity index (χ0v) is 41.2. The average Bonchev–Trinajstić information content (AvgIpc) is 3.30. The number of ether oxygens (including phenoxy) is 3. The van der Waals surface area contributed by atoms with Gasteiger partial charge < -0.3 is 14.2 Å². The molecule has 1 atom stereocenters. The van der Waals surface area contributed by atoms with Crippen LogP contribution in [0, 0.1) is 0 Å². The Morgan fingerprint density at radius 1 is 0.323 bits per heavy atom. The van der Waals surface area contributed by atoms with Gasteiger partial charge >= 0.3 is 17.9 Å². The fourth-order valence-electron chi connectivity index (χ4n) is 6.10. The van der Waals surface area contributed by atoms with Gasteiger partial charge in [0.05, 0.1) is 0 Å². The van der Waals surface area contributed by atoms with Gasteiger partial charge in [-0.05, 0) is 116 Å². The monoisotopic (exact) mass is 895 g/mol. The molecule has 0 amide bonds. The van der Waals surface area contributed by atoms with Gasteiger partial charge in [-0.1, -0.05) is 199 Å². The number of rotatable bonds is 43. The summed E-state index contributed by atoms with van der Waals surface area (Å²) in [5.74, 6) is -1.04. The summed E-state index contributed by atoms with van der Waals surface area (Å²) in [4.78, 5) is 37.6. The standard InChI is InChI=1S/C59H90O6/c1-4-7-10-13-15-17-19-21-23-25-27-28-29-30-32-33-35-37-39-41-43-46-49-52-58(61)64-55-56(54-63-57(60)51-48-45-12-9-6-3)65-59(62)53-50-47-44-42-40-38-36-34-31-26-24-22-20-18-16-14-11-8-5-2/h7-8,10-11,15-18,21-24,27-28,30-32,34-35,37-38,40-41,43,56H,4-6,9,12-14,19-20,25-26,29,33,36,39,42,44-55H2,1-3H3/b10-7-,11-8-,17-15-,18-16-,23-21-,24-22-,28-27-,32-30-,34-31-,37-35-,40-38-,43-41-. The third kappa shape index (κ3) is 50.2. The topological polar surface area (TPSA) is 78.9 Å². The molecule has 0 bridgehead atoms. The molecule has 0 heterocycles. The first kappa shape index (κ1) is 60.3. The highest BCUT2D eigenvalue weighted by atomic mass is 16.6. The molecule has 0 aliphatic carbocycles. The van der Waals surface area contributed by atoms with Crippen molar-refractivity contribution < 1.29 is 28.6 Å². The maximum atomic E-state index is 12.7. The van der Waals surface area contributed by atoms with Crippen molar-refractivity contribution in [2.24, 2.45) is 0 Å². The van der Waals surface area contributed by atoms with E-state index in [1.807, 2.05) is 0 Å². The Balaban J connectivity index is 4.38. The van der Waals surface area contributed by atoms with Gasteiger partial charge in [0.15, 0.2) is 6.10 Å². The number of unbranched alkanes of at least 4 members (excludes halogenated alkanes) is 8. The molecule has 0 N–H and O–H groups in total. The maximum absolute atomic E-state index is 12.7. The van der Waals surface area contributed by atoms with Crippen LogP contribution in [0.2, 0.25) is 0 Å². The van der Waals surface area contributed by atoms with E-state index >= 15 is 0 Å². The van der Waals surface area contributed by atoms with Crippen LogP contribution < -0.4 is 0 Å². The van der Waals surface area contributed by atoms with Crippen molar-refractivity contribution in [2.75, 3.05) is 13.2 Å². The summed E-state index contributed by atoms with van der Waals surface area (Å²) < 4.78 is 16.6. The molecule has 0 aliphatic rings. The molecule has 362 valence electrons. The minimum absolute atomic E-state index is 0.117. The molecule has 1 unspecified atom stereocenters. The van der Waals surface area contributed by atoms with Gasteiger partial charge in [-0.3, -0.25) is 14.4 Å². The SMILES string of the molecule is CC/C=C\C/C=C\C/C=C\C/C=C\C/C=C\C/C=C\C/C=C\CCCC(=O)OCC(COC(=O)CCCCCCC)OC(=O)CCCCC/C=C\C/C=C\C/C=C\C/C=C\C/C=C\CC. The molecule has 6 heteroatoms. The molecule has 0 fully saturated rings. The second-order valence-corrected chi connectivity index (χ2v) is 16.0. The minimum Gasteiger partial charge on any atom is -0.462 e. The van der Waals surface area contributed by atoms with Crippen molar-refractivity contribution in [2.45, 2.75) is 194 Å². The van der Waals surface area contributed by atoms with Crippen LogP contribution in [0.1, 0.15) is 188 Å². The van der Waals surface area contributed by atoms with E-state index in [1.165, 1.54) is 0 Å². The van der Waals surface area contributed by atoms with E-state index in [-0.39, 0.29) is 44.0 Å². The average molecular weight is 895 g/mol. The number of allylic oxidation sites excluding steroid dienone is 24. The molecule has 0 rings (SSSR count). The molecular weight excluding hydrogens is 805 g/mol. The molecular formula is C59H90O6. The third-order valence-electron chi connectivity index (χ3n) is 9.84. The minimum atomic E-state index is -0.821. The molecule has 0 saturated heterocycles. The second-order valence-electron chi connectivity index (χ2n) is 16.0. The first-order valence-electron chi connectivity index (χ1n) is 25.3. The van der Waals surface area contributed by atoms with E-state index < -0.39 is 6.10 Å². The van der Waals surface area contributed by atoms with Gasteiger partial charge in [-0.2, -0.15) is 0 Å². The van der Waals surface area contributed by atoms with Crippen LogP contribution >= 0.6 is 0 Å². The Morgan fingerprint density at radius 3 is 0.985 bits per heavy atom. The molecule has 0 radical (unpaired) electrons. The number of carbonyl (C=O) groups is 3. The highest BCUT2D eigenvalue weighted by Gasteiger charge is 2.19. The zero-order valence-electron chi connectivity index (χ0n) is 41.2. The Bertz CT molecular complexity index is 1490. The quantitative estimate of drug-likeness (QED) is 0.0263. The van der Waals surface area contributed by atoms with E-state index in [0.29, 0.717) is 19.3 Å². The molecule has 65 heavy (non-hydrogen) atoms. The van der Waals surface area contributed by atoms with Gasteiger partial charge in [-0.15, -0.1) is 0 Å². The van der Waals surface area contributed by atoms with E-state index in [9.17, 15) is 14.4 Å². The highest BCUT2D eigenvalue weighted by molar-refractivity contribution is 5.71. The van der Waals surface area contributed by atoms with Gasteiger partial charge in [0.1, 0.15) is 13.2 Å². The summed E-state index contributed by atoms with van der Waals surface area (Å²) in [6.45, 7) is 6.21. The third-order valence-corrected chi connectivity index (χ3v) is 9.84. The molecule has 0 saturated carbocycles. The molecule has 6 nitrogen and oxygen atoms in total. The van der Waals surface area contributed by atoms with Crippen molar-refractivity contribution in [1.29, 1.82) is 0 Å². The molecule has 0 spiro atoms. The first-order chi connectivity index (χ1) is 32.0. The fraction of sp³-hybridized carbons (Fsp3) is 0.542. The van der Waals surface area contributed by atoms with Crippen molar-refractivity contribution in [1.82, 2.24) is 0 Å². The predicted molar refractivity (Wildman–Crippen MR) is 279 cm³/mol.